The number of amides is 1. The lowest BCUT2D eigenvalue weighted by Crippen LogP contribution is -2.32. The Morgan fingerprint density at radius 3 is 2.05 bits per heavy atom. The normalized spacial score (nSPS) is 12.2. The molecular formula is C27H21ClF4N4O2. The summed E-state index contributed by atoms with van der Waals surface area (Å²) in [6.45, 7) is 2.26. The summed E-state index contributed by atoms with van der Waals surface area (Å²) in [5.41, 5.74) is 5.86. The smallest absolute Gasteiger partial charge is 0.425 e. The number of hydrogen-bond donors (Lipinski definition) is 2. The Morgan fingerprint density at radius 2 is 1.61 bits per heavy atom. The minimum atomic E-state index is -4.81. The molecule has 6 nitrogen and oxygen atoms in total. The summed E-state index contributed by atoms with van der Waals surface area (Å²) >= 11 is 6.32. The van der Waals surface area contributed by atoms with Gasteiger partial charge in [-0.15, -0.1) is 0 Å². The number of rotatable bonds is 7. The molecule has 0 saturated heterocycles. The lowest BCUT2D eigenvalue weighted by Gasteiger charge is -2.23. The number of ether oxygens (including phenoxy) is 1. The highest BCUT2D eigenvalue weighted by Gasteiger charge is 2.40. The molecule has 0 aliphatic carbocycles. The van der Waals surface area contributed by atoms with Gasteiger partial charge in [-0.05, 0) is 19.9 Å². The van der Waals surface area contributed by atoms with Crippen LogP contribution in [0.15, 0.2) is 71.7 Å². The van der Waals surface area contributed by atoms with Crippen LogP contribution in [-0.4, -0.2) is 34.1 Å². The van der Waals surface area contributed by atoms with Crippen LogP contribution in [0.3, 0.4) is 0 Å². The van der Waals surface area contributed by atoms with Crippen molar-refractivity contribution in [3.8, 4) is 16.9 Å². The van der Waals surface area contributed by atoms with E-state index in [9.17, 15) is 18.0 Å². The van der Waals surface area contributed by atoms with Crippen molar-refractivity contribution in [2.24, 2.45) is 10.7 Å². The molecule has 0 spiro atoms. The number of nitrogens with two attached hydrogens (primary N) is 1. The van der Waals surface area contributed by atoms with Crippen LogP contribution in [0.1, 0.15) is 34.1 Å². The quantitative estimate of drug-likeness (QED) is 0.198. The van der Waals surface area contributed by atoms with Crippen LogP contribution in [0.25, 0.3) is 11.1 Å². The van der Waals surface area contributed by atoms with Crippen LogP contribution in [-0.2, 0) is 0 Å². The van der Waals surface area contributed by atoms with Crippen molar-refractivity contribution in [3.63, 3.8) is 0 Å². The number of aromatic nitrogens is 2. The SMILES string of the molecule is Cc1n[nH]c(Cl)c1-c1c(N=C(c2ccccc2)c2ccccc2)c(F)cc(C(N)=O)c1OC(C)C(F)(F)F. The molecule has 3 aromatic carbocycles. The molecule has 1 aromatic heterocycles. The maximum absolute atomic E-state index is 15.8. The zero-order valence-electron chi connectivity index (χ0n) is 20.1. The standard InChI is InChI=1S/C27H21ClF4N4O2/c1-14-20(25(28)36-35-14)21-23(19(29)13-18(26(33)37)24(21)38-15(2)27(30,31)32)34-22(16-9-5-3-6-10-16)17-11-7-4-8-12-17/h3-13,15H,1-2H3,(H2,33,37)(H,35,36). The first-order chi connectivity index (χ1) is 18.0. The van der Waals surface area contributed by atoms with E-state index >= 15 is 4.39 Å². The molecule has 0 saturated carbocycles. The predicted molar refractivity (Wildman–Crippen MR) is 137 cm³/mol. The summed E-state index contributed by atoms with van der Waals surface area (Å²) in [4.78, 5) is 16.9. The van der Waals surface area contributed by atoms with E-state index in [4.69, 9.17) is 22.1 Å². The van der Waals surface area contributed by atoms with Gasteiger partial charge in [-0.2, -0.15) is 18.3 Å². The number of nitrogens with one attached hydrogen (secondary N) is 1. The van der Waals surface area contributed by atoms with Gasteiger partial charge >= 0.3 is 6.18 Å². The number of primary amides is 1. The summed E-state index contributed by atoms with van der Waals surface area (Å²) in [7, 11) is 0. The largest absolute Gasteiger partial charge is 0.480 e. The molecule has 1 unspecified atom stereocenters. The molecule has 1 heterocycles. The van der Waals surface area contributed by atoms with E-state index in [-0.39, 0.29) is 22.0 Å². The molecule has 3 N–H and O–H groups in total. The third-order valence-electron chi connectivity index (χ3n) is 5.70. The molecule has 4 aromatic rings. The van der Waals surface area contributed by atoms with Gasteiger partial charge in [0.25, 0.3) is 5.91 Å². The first-order valence-corrected chi connectivity index (χ1v) is 11.7. The Hall–Kier alpha value is -4.18. The lowest BCUT2D eigenvalue weighted by atomic mass is 9.97. The average Bonchev–Trinajstić information content (AvgIpc) is 3.21. The molecule has 1 atom stereocenters. The first kappa shape index (κ1) is 26.9. The Balaban J connectivity index is 2.13. The number of nitrogens with zero attached hydrogens (tertiary/aromatic N) is 2. The molecule has 11 heteroatoms. The summed E-state index contributed by atoms with van der Waals surface area (Å²) < 4.78 is 61.7. The molecule has 0 fully saturated rings. The number of aliphatic imine (C=N–C) groups is 1. The average molecular weight is 545 g/mol. The number of alkyl halides is 3. The number of aryl methyl sites for hydroxylation is 1. The molecule has 196 valence electrons. The number of H-pyrrole nitrogens is 1. The van der Waals surface area contributed by atoms with Crippen LogP contribution in [0.4, 0.5) is 23.2 Å². The molecule has 38 heavy (non-hydrogen) atoms. The van der Waals surface area contributed by atoms with Gasteiger partial charge in [-0.3, -0.25) is 9.89 Å². The zero-order valence-corrected chi connectivity index (χ0v) is 20.9. The van der Waals surface area contributed by atoms with Crippen molar-refractivity contribution >= 4 is 28.9 Å². The lowest BCUT2D eigenvalue weighted by molar-refractivity contribution is -0.189. The second kappa shape index (κ2) is 10.7. The summed E-state index contributed by atoms with van der Waals surface area (Å²) in [6, 6.07) is 18.3. The van der Waals surface area contributed by atoms with Gasteiger partial charge in [0.05, 0.1) is 22.5 Å². The molecular weight excluding hydrogens is 524 g/mol. The van der Waals surface area contributed by atoms with Crippen LogP contribution in [0.5, 0.6) is 5.75 Å². The van der Waals surface area contributed by atoms with Crippen molar-refractivity contribution < 1.29 is 27.1 Å². The molecule has 4 rings (SSSR count). The molecule has 1 amide bonds. The van der Waals surface area contributed by atoms with E-state index in [1.54, 1.807) is 60.7 Å². The van der Waals surface area contributed by atoms with Gasteiger partial charge in [0, 0.05) is 16.7 Å². The van der Waals surface area contributed by atoms with Gasteiger partial charge in [-0.1, -0.05) is 72.3 Å². The monoisotopic (exact) mass is 544 g/mol. The molecule has 0 radical (unpaired) electrons. The number of carbonyl (C=O) groups excluding carboxylic acids is 1. The van der Waals surface area contributed by atoms with Crippen LogP contribution >= 0.6 is 11.6 Å². The highest BCUT2D eigenvalue weighted by Crippen LogP contribution is 2.47. The van der Waals surface area contributed by atoms with Crippen molar-refractivity contribution in [1.82, 2.24) is 10.2 Å². The second-order valence-corrected chi connectivity index (χ2v) is 8.69. The van der Waals surface area contributed by atoms with E-state index in [0.29, 0.717) is 22.9 Å². The molecule has 0 aliphatic rings. The van der Waals surface area contributed by atoms with Gasteiger partial charge < -0.3 is 10.5 Å². The number of benzene rings is 3. The minimum absolute atomic E-state index is 0.0114. The number of aromatic amines is 1. The Kier molecular flexibility index (Phi) is 7.54. The van der Waals surface area contributed by atoms with Crippen molar-refractivity contribution in [2.75, 3.05) is 0 Å². The fourth-order valence-electron chi connectivity index (χ4n) is 3.81. The van der Waals surface area contributed by atoms with Gasteiger partial charge in [0.2, 0.25) is 0 Å². The van der Waals surface area contributed by atoms with Gasteiger partial charge in [-0.25, -0.2) is 9.38 Å². The van der Waals surface area contributed by atoms with Gasteiger partial charge in [0.1, 0.15) is 16.6 Å². The van der Waals surface area contributed by atoms with E-state index in [1.807, 2.05) is 0 Å². The maximum atomic E-state index is 15.8. The molecule has 0 bridgehead atoms. The Labute approximate surface area is 220 Å². The molecule has 0 aliphatic heterocycles. The first-order valence-electron chi connectivity index (χ1n) is 11.3. The minimum Gasteiger partial charge on any atom is -0.480 e. The van der Waals surface area contributed by atoms with E-state index < -0.39 is 41.0 Å². The Morgan fingerprint density at radius 1 is 1.05 bits per heavy atom. The highest BCUT2D eigenvalue weighted by molar-refractivity contribution is 6.32. The topological polar surface area (TPSA) is 93.4 Å². The fourth-order valence-corrected chi connectivity index (χ4v) is 4.08. The number of carbonyl (C=O) groups is 1. The van der Waals surface area contributed by atoms with Crippen LogP contribution < -0.4 is 10.5 Å². The highest BCUT2D eigenvalue weighted by atomic mass is 35.5. The summed E-state index contributed by atoms with van der Waals surface area (Å²) in [6.07, 6.45) is -7.19. The Bertz CT molecular complexity index is 1440. The third kappa shape index (κ3) is 5.40. The third-order valence-corrected chi connectivity index (χ3v) is 5.97. The van der Waals surface area contributed by atoms with E-state index in [0.717, 1.165) is 6.92 Å². The fraction of sp³-hybridized carbons (Fsp3) is 0.148. The predicted octanol–water partition coefficient (Wildman–Crippen LogP) is 6.78. The van der Waals surface area contributed by atoms with Crippen molar-refractivity contribution in [3.05, 3.63) is 100 Å². The van der Waals surface area contributed by atoms with Crippen molar-refractivity contribution in [2.45, 2.75) is 26.1 Å². The maximum Gasteiger partial charge on any atom is 0.425 e. The van der Waals surface area contributed by atoms with Crippen LogP contribution in [0.2, 0.25) is 5.15 Å². The van der Waals surface area contributed by atoms with Crippen LogP contribution in [0, 0.1) is 12.7 Å². The van der Waals surface area contributed by atoms with Gasteiger partial charge in [0.15, 0.2) is 11.9 Å². The number of halogens is 5. The van der Waals surface area contributed by atoms with Crippen molar-refractivity contribution in [1.29, 1.82) is 0 Å². The summed E-state index contributed by atoms with van der Waals surface area (Å²) in [5.74, 6) is -2.84. The summed E-state index contributed by atoms with van der Waals surface area (Å²) in [5, 5.41) is 6.37. The number of hydrogen-bond acceptors (Lipinski definition) is 4. The van der Waals surface area contributed by atoms with E-state index in [1.165, 1.54) is 6.92 Å². The van der Waals surface area contributed by atoms with E-state index in [2.05, 4.69) is 15.2 Å². The zero-order chi connectivity index (χ0) is 27.6. The second-order valence-electron chi connectivity index (χ2n) is 8.32.